The van der Waals surface area contributed by atoms with Crippen molar-refractivity contribution in [2.75, 3.05) is 23.7 Å². The summed E-state index contributed by atoms with van der Waals surface area (Å²) in [5.74, 6) is -0.134. The van der Waals surface area contributed by atoms with E-state index in [4.69, 9.17) is 0 Å². The molecule has 0 saturated carbocycles. The van der Waals surface area contributed by atoms with Crippen molar-refractivity contribution in [1.82, 2.24) is 9.80 Å². The molecule has 0 spiro atoms. The third kappa shape index (κ3) is 7.95. The molecule has 2 aromatic rings. The van der Waals surface area contributed by atoms with E-state index < -0.39 is 17.8 Å². The topological polar surface area (TPSA) is 64.7 Å². The number of hydrogen-bond acceptors (Lipinski definition) is 3. The number of likely N-dealkylation sites (tertiary alicyclic amines) is 1. The van der Waals surface area contributed by atoms with Crippen LogP contribution in [0.3, 0.4) is 0 Å². The van der Waals surface area contributed by atoms with Gasteiger partial charge >= 0.3 is 12.2 Å². The first-order chi connectivity index (χ1) is 17.6. The van der Waals surface area contributed by atoms with E-state index in [0.717, 1.165) is 56.5 Å². The number of amides is 3. The number of piperidine rings is 1. The Kier molecular flexibility index (Phi) is 9.97. The Morgan fingerprint density at radius 3 is 2.41 bits per heavy atom. The molecule has 1 aliphatic rings. The largest absolute Gasteiger partial charge is 0.416 e. The summed E-state index contributed by atoms with van der Waals surface area (Å²) in [5, 5.41) is 5.57. The van der Waals surface area contributed by atoms with Gasteiger partial charge in [0.15, 0.2) is 0 Å². The van der Waals surface area contributed by atoms with Gasteiger partial charge in [0.25, 0.3) is 0 Å². The number of carbonyl (C=O) groups excluding carboxylic acids is 2. The minimum absolute atomic E-state index is 0.0893. The number of anilines is 2. The van der Waals surface area contributed by atoms with Gasteiger partial charge in [0, 0.05) is 49.5 Å². The van der Waals surface area contributed by atoms with Gasteiger partial charge in [-0.1, -0.05) is 44.5 Å². The molecule has 9 heteroatoms. The fourth-order valence-corrected chi connectivity index (χ4v) is 4.78. The average molecular weight is 519 g/mol. The fourth-order valence-electron chi connectivity index (χ4n) is 4.78. The standard InChI is InChI=1S/C28H37F3N4O2/c1-4-9-20(3)34-16-14-24(15-17-34)35(19-21-10-6-7-13-25(21)33-26(36)5-2)27(37)32-23-12-8-11-22(18-23)28(29,30)31/h6-8,10-13,18,20,24H,4-5,9,14-17,19H2,1-3H3,(H,32,37)(H,33,36). The van der Waals surface area contributed by atoms with E-state index in [1.165, 1.54) is 12.1 Å². The Labute approximate surface area is 217 Å². The second kappa shape index (κ2) is 12.9. The number of rotatable bonds is 9. The van der Waals surface area contributed by atoms with Gasteiger partial charge in [0.2, 0.25) is 5.91 Å². The smallest absolute Gasteiger partial charge is 0.326 e. The normalized spacial score (nSPS) is 15.7. The molecule has 0 aliphatic carbocycles. The molecular weight excluding hydrogens is 481 g/mol. The van der Waals surface area contributed by atoms with Crippen LogP contribution in [0.15, 0.2) is 48.5 Å². The summed E-state index contributed by atoms with van der Waals surface area (Å²) in [6, 6.07) is 11.9. The summed E-state index contributed by atoms with van der Waals surface area (Å²) in [4.78, 5) is 29.7. The van der Waals surface area contributed by atoms with E-state index in [0.29, 0.717) is 18.2 Å². The second-order valence-corrected chi connectivity index (χ2v) is 9.60. The highest BCUT2D eigenvalue weighted by Gasteiger charge is 2.32. The van der Waals surface area contributed by atoms with Crippen molar-refractivity contribution in [1.29, 1.82) is 0 Å². The van der Waals surface area contributed by atoms with Crippen LogP contribution in [0.5, 0.6) is 0 Å². The minimum Gasteiger partial charge on any atom is -0.326 e. The van der Waals surface area contributed by atoms with Gasteiger partial charge < -0.3 is 20.4 Å². The summed E-state index contributed by atoms with van der Waals surface area (Å²) in [6.07, 6.45) is -0.454. The highest BCUT2D eigenvalue weighted by Crippen LogP contribution is 2.31. The van der Waals surface area contributed by atoms with Crippen LogP contribution in [0.2, 0.25) is 0 Å². The predicted octanol–water partition coefficient (Wildman–Crippen LogP) is 6.74. The van der Waals surface area contributed by atoms with Gasteiger partial charge in [0.05, 0.1) is 5.56 Å². The summed E-state index contributed by atoms with van der Waals surface area (Å²) >= 11 is 0. The van der Waals surface area contributed by atoms with Crippen molar-refractivity contribution < 1.29 is 22.8 Å². The van der Waals surface area contributed by atoms with Gasteiger partial charge in [-0.15, -0.1) is 0 Å². The van der Waals surface area contributed by atoms with Crippen LogP contribution in [0.4, 0.5) is 29.3 Å². The molecule has 0 aromatic heterocycles. The number of alkyl halides is 3. The molecule has 1 atom stereocenters. The zero-order chi connectivity index (χ0) is 27.0. The zero-order valence-corrected chi connectivity index (χ0v) is 21.8. The molecule has 37 heavy (non-hydrogen) atoms. The molecule has 0 bridgehead atoms. The summed E-state index contributed by atoms with van der Waals surface area (Å²) in [7, 11) is 0. The van der Waals surface area contributed by atoms with Crippen molar-refractivity contribution in [2.24, 2.45) is 0 Å². The highest BCUT2D eigenvalue weighted by atomic mass is 19.4. The lowest BCUT2D eigenvalue weighted by Gasteiger charge is -2.41. The van der Waals surface area contributed by atoms with Crippen molar-refractivity contribution >= 4 is 23.3 Å². The van der Waals surface area contributed by atoms with Gasteiger partial charge in [0.1, 0.15) is 0 Å². The Balaban J connectivity index is 1.84. The molecule has 1 saturated heterocycles. The molecule has 1 unspecified atom stereocenters. The van der Waals surface area contributed by atoms with Crippen LogP contribution >= 0.6 is 0 Å². The van der Waals surface area contributed by atoms with Crippen LogP contribution in [0.25, 0.3) is 0 Å². The molecule has 1 heterocycles. The number of carbonyl (C=O) groups is 2. The highest BCUT2D eigenvalue weighted by molar-refractivity contribution is 5.92. The molecular formula is C28H37F3N4O2. The maximum Gasteiger partial charge on any atom is 0.416 e. The minimum atomic E-state index is -4.50. The van der Waals surface area contributed by atoms with E-state index in [1.807, 2.05) is 18.2 Å². The molecule has 2 aromatic carbocycles. The number of hydrogen-bond donors (Lipinski definition) is 2. The Morgan fingerprint density at radius 2 is 1.76 bits per heavy atom. The molecule has 202 valence electrons. The third-order valence-corrected chi connectivity index (χ3v) is 6.92. The monoisotopic (exact) mass is 518 g/mol. The quantitative estimate of drug-likeness (QED) is 0.386. The van der Waals surface area contributed by atoms with Gasteiger partial charge in [-0.25, -0.2) is 4.79 Å². The van der Waals surface area contributed by atoms with Gasteiger partial charge in [-0.3, -0.25) is 4.79 Å². The first-order valence-corrected chi connectivity index (χ1v) is 13.0. The first kappa shape index (κ1) is 28.5. The van der Waals surface area contributed by atoms with Crippen molar-refractivity contribution in [3.05, 3.63) is 59.7 Å². The van der Waals surface area contributed by atoms with Crippen LogP contribution in [0.1, 0.15) is 64.0 Å². The molecule has 3 rings (SSSR count). The molecule has 2 N–H and O–H groups in total. The van der Waals surface area contributed by atoms with E-state index >= 15 is 0 Å². The van der Waals surface area contributed by atoms with Crippen molar-refractivity contribution in [3.63, 3.8) is 0 Å². The number of benzene rings is 2. The average Bonchev–Trinajstić information content (AvgIpc) is 2.88. The fraction of sp³-hybridized carbons (Fsp3) is 0.500. The SMILES string of the molecule is CCCC(C)N1CCC(N(Cc2ccccc2NC(=O)CC)C(=O)Nc2cccc(C(F)(F)F)c2)CC1. The number of para-hydroxylation sites is 1. The van der Waals surface area contributed by atoms with Crippen LogP contribution in [0, 0.1) is 0 Å². The van der Waals surface area contributed by atoms with E-state index in [9.17, 15) is 22.8 Å². The number of halogens is 3. The van der Waals surface area contributed by atoms with Crippen LogP contribution in [-0.2, 0) is 17.5 Å². The molecule has 1 aliphatic heterocycles. The van der Waals surface area contributed by atoms with E-state index in [1.54, 1.807) is 17.9 Å². The molecule has 6 nitrogen and oxygen atoms in total. The predicted molar refractivity (Wildman–Crippen MR) is 140 cm³/mol. The van der Waals surface area contributed by atoms with Gasteiger partial charge in [-0.2, -0.15) is 13.2 Å². The lowest BCUT2D eigenvalue weighted by molar-refractivity contribution is -0.137. The Morgan fingerprint density at radius 1 is 1.05 bits per heavy atom. The zero-order valence-electron chi connectivity index (χ0n) is 21.8. The summed E-state index contributed by atoms with van der Waals surface area (Å²) < 4.78 is 39.6. The number of nitrogens with zero attached hydrogens (tertiary/aromatic N) is 2. The second-order valence-electron chi connectivity index (χ2n) is 9.60. The number of urea groups is 1. The molecule has 0 radical (unpaired) electrons. The number of nitrogens with one attached hydrogen (secondary N) is 2. The summed E-state index contributed by atoms with van der Waals surface area (Å²) in [6.45, 7) is 8.05. The van der Waals surface area contributed by atoms with E-state index in [-0.39, 0.29) is 24.2 Å². The Bertz CT molecular complexity index is 1050. The first-order valence-electron chi connectivity index (χ1n) is 13.0. The maximum absolute atomic E-state index is 13.5. The van der Waals surface area contributed by atoms with Crippen molar-refractivity contribution in [2.45, 2.75) is 77.7 Å². The Hall–Kier alpha value is -3.07. The molecule has 3 amide bonds. The van der Waals surface area contributed by atoms with Gasteiger partial charge in [-0.05, 0) is 56.0 Å². The van der Waals surface area contributed by atoms with E-state index in [2.05, 4.69) is 29.4 Å². The lowest BCUT2D eigenvalue weighted by atomic mass is 9.99. The van der Waals surface area contributed by atoms with Crippen molar-refractivity contribution in [3.8, 4) is 0 Å². The maximum atomic E-state index is 13.5. The summed E-state index contributed by atoms with van der Waals surface area (Å²) in [5.41, 5.74) is 0.666. The third-order valence-electron chi connectivity index (χ3n) is 6.92. The lowest BCUT2D eigenvalue weighted by Crippen LogP contribution is -2.50. The van der Waals surface area contributed by atoms with Crippen LogP contribution in [-0.4, -0.2) is 46.9 Å². The van der Waals surface area contributed by atoms with Crippen LogP contribution < -0.4 is 10.6 Å². The molecule has 1 fully saturated rings.